The monoisotopic (exact) mass is 240 g/mol. The van der Waals surface area contributed by atoms with Crippen molar-refractivity contribution in [2.45, 2.75) is 70.0 Å². The second-order valence-corrected chi connectivity index (χ2v) is 5.80. The minimum Gasteiger partial charge on any atom is -0.469 e. The summed E-state index contributed by atoms with van der Waals surface area (Å²) in [5.74, 6) is 0.637. The van der Waals surface area contributed by atoms with Crippen LogP contribution in [0.5, 0.6) is 0 Å². The van der Waals surface area contributed by atoms with Crippen LogP contribution >= 0.6 is 0 Å². The molecule has 0 saturated heterocycles. The summed E-state index contributed by atoms with van der Waals surface area (Å²) in [7, 11) is 1.46. The van der Waals surface area contributed by atoms with Gasteiger partial charge in [-0.25, -0.2) is 0 Å². The van der Waals surface area contributed by atoms with Crippen molar-refractivity contribution in [2.75, 3.05) is 7.11 Å². The SMILES string of the molecule is COC(=O)CC1(OC2CCCC(C)C2)CCC1. The molecule has 2 fully saturated rings. The number of methoxy groups -OCH3 is 1. The molecule has 0 radical (unpaired) electrons. The summed E-state index contributed by atoms with van der Waals surface area (Å²) < 4.78 is 11.0. The van der Waals surface area contributed by atoms with E-state index in [0.717, 1.165) is 31.6 Å². The highest BCUT2D eigenvalue weighted by Gasteiger charge is 2.42. The Morgan fingerprint density at radius 1 is 1.29 bits per heavy atom. The quantitative estimate of drug-likeness (QED) is 0.708. The second-order valence-electron chi connectivity index (χ2n) is 5.80. The number of hydrogen-bond donors (Lipinski definition) is 0. The van der Waals surface area contributed by atoms with E-state index in [4.69, 9.17) is 9.47 Å². The van der Waals surface area contributed by atoms with Gasteiger partial charge in [0, 0.05) is 0 Å². The molecule has 2 saturated carbocycles. The van der Waals surface area contributed by atoms with Crippen LogP contribution in [0, 0.1) is 5.92 Å². The Balaban J connectivity index is 1.87. The van der Waals surface area contributed by atoms with E-state index in [1.54, 1.807) is 0 Å². The van der Waals surface area contributed by atoms with Crippen LogP contribution in [-0.2, 0) is 14.3 Å². The molecule has 2 unspecified atom stereocenters. The van der Waals surface area contributed by atoms with Crippen molar-refractivity contribution in [3.05, 3.63) is 0 Å². The van der Waals surface area contributed by atoms with Gasteiger partial charge >= 0.3 is 5.97 Å². The number of rotatable bonds is 4. The number of carbonyl (C=O) groups is 1. The van der Waals surface area contributed by atoms with E-state index in [1.807, 2.05) is 0 Å². The first-order valence-corrected chi connectivity index (χ1v) is 6.88. The van der Waals surface area contributed by atoms with Crippen LogP contribution < -0.4 is 0 Å². The molecule has 3 nitrogen and oxygen atoms in total. The van der Waals surface area contributed by atoms with Gasteiger partial charge in [-0.05, 0) is 38.0 Å². The van der Waals surface area contributed by atoms with E-state index in [0.29, 0.717) is 12.5 Å². The molecule has 0 heterocycles. The molecule has 17 heavy (non-hydrogen) atoms. The summed E-state index contributed by atoms with van der Waals surface area (Å²) in [5, 5.41) is 0. The maximum absolute atomic E-state index is 11.4. The topological polar surface area (TPSA) is 35.5 Å². The normalized spacial score (nSPS) is 31.6. The average Bonchev–Trinajstić information content (AvgIpc) is 2.26. The first kappa shape index (κ1) is 12.9. The molecule has 98 valence electrons. The molecule has 2 atom stereocenters. The minimum absolute atomic E-state index is 0.131. The molecule has 0 aliphatic heterocycles. The highest BCUT2D eigenvalue weighted by atomic mass is 16.5. The van der Waals surface area contributed by atoms with Crippen LogP contribution in [-0.4, -0.2) is 24.8 Å². The third kappa shape index (κ3) is 3.21. The van der Waals surface area contributed by atoms with Crippen molar-refractivity contribution in [3.8, 4) is 0 Å². The van der Waals surface area contributed by atoms with Crippen LogP contribution in [0.25, 0.3) is 0 Å². The van der Waals surface area contributed by atoms with Crippen LogP contribution in [0.4, 0.5) is 0 Å². The fraction of sp³-hybridized carbons (Fsp3) is 0.929. The molecule has 0 aromatic rings. The number of esters is 1. The Kier molecular flexibility index (Phi) is 4.08. The lowest BCUT2D eigenvalue weighted by atomic mass is 9.76. The fourth-order valence-electron chi connectivity index (χ4n) is 3.08. The molecule has 2 aliphatic rings. The van der Waals surface area contributed by atoms with E-state index in [2.05, 4.69) is 6.92 Å². The zero-order valence-electron chi connectivity index (χ0n) is 11.0. The van der Waals surface area contributed by atoms with Crippen molar-refractivity contribution < 1.29 is 14.3 Å². The molecule has 2 aliphatic carbocycles. The maximum atomic E-state index is 11.4. The fourth-order valence-corrected chi connectivity index (χ4v) is 3.08. The molecule has 0 aromatic heterocycles. The van der Waals surface area contributed by atoms with Crippen molar-refractivity contribution >= 4 is 5.97 Å². The summed E-state index contributed by atoms with van der Waals surface area (Å²) >= 11 is 0. The molecule has 2 rings (SSSR count). The summed E-state index contributed by atoms with van der Waals surface area (Å²) in [5.41, 5.74) is -0.186. The molecule has 0 N–H and O–H groups in total. The zero-order chi connectivity index (χ0) is 12.3. The van der Waals surface area contributed by atoms with Gasteiger partial charge in [0.05, 0.1) is 25.2 Å². The third-order valence-corrected chi connectivity index (χ3v) is 4.26. The van der Waals surface area contributed by atoms with Crippen LogP contribution in [0.15, 0.2) is 0 Å². The predicted molar refractivity (Wildman–Crippen MR) is 65.7 cm³/mol. The van der Waals surface area contributed by atoms with E-state index in [-0.39, 0.29) is 11.6 Å². The first-order valence-electron chi connectivity index (χ1n) is 6.88. The second kappa shape index (κ2) is 5.38. The Bertz CT molecular complexity index is 271. The van der Waals surface area contributed by atoms with Crippen molar-refractivity contribution in [1.82, 2.24) is 0 Å². The van der Waals surface area contributed by atoms with Gasteiger partial charge in [-0.2, -0.15) is 0 Å². The third-order valence-electron chi connectivity index (χ3n) is 4.26. The molecule has 3 heteroatoms. The van der Waals surface area contributed by atoms with E-state index in [9.17, 15) is 4.79 Å². The predicted octanol–water partition coefficient (Wildman–Crippen LogP) is 3.07. The lowest BCUT2D eigenvalue weighted by Gasteiger charge is -2.44. The number of carbonyl (C=O) groups excluding carboxylic acids is 1. The summed E-state index contributed by atoms with van der Waals surface area (Å²) in [4.78, 5) is 11.4. The van der Waals surface area contributed by atoms with E-state index < -0.39 is 0 Å². The smallest absolute Gasteiger partial charge is 0.308 e. The highest BCUT2D eigenvalue weighted by Crippen LogP contribution is 2.42. The molecule has 0 aromatic carbocycles. The van der Waals surface area contributed by atoms with Crippen LogP contribution in [0.3, 0.4) is 0 Å². The van der Waals surface area contributed by atoms with Crippen molar-refractivity contribution in [1.29, 1.82) is 0 Å². The zero-order valence-corrected chi connectivity index (χ0v) is 11.0. The minimum atomic E-state index is -0.186. The van der Waals surface area contributed by atoms with Crippen LogP contribution in [0.1, 0.15) is 58.3 Å². The standard InChI is InChI=1S/C14H24O3/c1-11-5-3-6-12(9-11)17-14(7-4-8-14)10-13(15)16-2/h11-12H,3-10H2,1-2H3. The summed E-state index contributed by atoms with van der Waals surface area (Å²) in [6, 6.07) is 0. The summed E-state index contributed by atoms with van der Waals surface area (Å²) in [6.45, 7) is 2.29. The van der Waals surface area contributed by atoms with Gasteiger partial charge in [-0.15, -0.1) is 0 Å². The van der Waals surface area contributed by atoms with Gasteiger partial charge in [0.1, 0.15) is 0 Å². The lowest BCUT2D eigenvalue weighted by molar-refractivity contribution is -0.174. The lowest BCUT2D eigenvalue weighted by Crippen LogP contribution is -2.46. The molecular weight excluding hydrogens is 216 g/mol. The largest absolute Gasteiger partial charge is 0.469 e. The van der Waals surface area contributed by atoms with Crippen molar-refractivity contribution in [3.63, 3.8) is 0 Å². The van der Waals surface area contributed by atoms with Gasteiger partial charge in [0.2, 0.25) is 0 Å². The van der Waals surface area contributed by atoms with Gasteiger partial charge in [-0.3, -0.25) is 4.79 Å². The maximum Gasteiger partial charge on any atom is 0.308 e. The van der Waals surface area contributed by atoms with Gasteiger partial charge in [0.15, 0.2) is 0 Å². The first-order chi connectivity index (χ1) is 8.13. The Morgan fingerprint density at radius 2 is 2.06 bits per heavy atom. The molecule has 0 spiro atoms. The van der Waals surface area contributed by atoms with E-state index in [1.165, 1.54) is 26.4 Å². The van der Waals surface area contributed by atoms with Gasteiger partial charge in [-0.1, -0.05) is 19.8 Å². The summed E-state index contributed by atoms with van der Waals surface area (Å²) in [6.07, 6.45) is 8.93. The van der Waals surface area contributed by atoms with E-state index >= 15 is 0 Å². The van der Waals surface area contributed by atoms with Gasteiger partial charge in [0.25, 0.3) is 0 Å². The molecule has 0 amide bonds. The Morgan fingerprint density at radius 3 is 2.59 bits per heavy atom. The Hall–Kier alpha value is -0.570. The van der Waals surface area contributed by atoms with Gasteiger partial charge < -0.3 is 9.47 Å². The molecular formula is C14H24O3. The average molecular weight is 240 g/mol. The van der Waals surface area contributed by atoms with Crippen LogP contribution in [0.2, 0.25) is 0 Å². The number of ether oxygens (including phenoxy) is 2. The van der Waals surface area contributed by atoms with Crippen molar-refractivity contribution in [2.24, 2.45) is 5.92 Å². The Labute approximate surface area is 104 Å². The molecule has 0 bridgehead atoms. The highest BCUT2D eigenvalue weighted by molar-refractivity contribution is 5.70. The number of hydrogen-bond acceptors (Lipinski definition) is 3.